The Hall–Kier alpha value is -0.890. The average molecular weight is 302 g/mol. The summed E-state index contributed by atoms with van der Waals surface area (Å²) < 4.78 is 33.5. The Labute approximate surface area is 120 Å². The van der Waals surface area contributed by atoms with E-state index in [0.29, 0.717) is 31.9 Å². The number of aliphatic hydroxyl groups is 1. The molecule has 1 fully saturated rings. The van der Waals surface area contributed by atoms with Gasteiger partial charge in [0.25, 0.3) is 0 Å². The second-order valence-corrected chi connectivity index (χ2v) is 7.02. The van der Waals surface area contributed by atoms with Crippen molar-refractivity contribution in [2.45, 2.75) is 31.4 Å². The zero-order chi connectivity index (χ0) is 14.8. The van der Waals surface area contributed by atoms with Crippen LogP contribution in [0.15, 0.2) is 17.2 Å². The smallest absolute Gasteiger partial charge is 0.244 e. The van der Waals surface area contributed by atoms with Gasteiger partial charge < -0.3 is 14.4 Å². The van der Waals surface area contributed by atoms with Crippen molar-refractivity contribution in [1.29, 1.82) is 0 Å². The minimum atomic E-state index is -3.47. The van der Waals surface area contributed by atoms with Crippen molar-refractivity contribution in [1.82, 2.24) is 8.87 Å². The summed E-state index contributed by atoms with van der Waals surface area (Å²) in [4.78, 5) is 0.265. The van der Waals surface area contributed by atoms with Crippen LogP contribution in [-0.4, -0.2) is 49.2 Å². The molecule has 1 unspecified atom stereocenters. The van der Waals surface area contributed by atoms with Crippen LogP contribution in [0.3, 0.4) is 0 Å². The van der Waals surface area contributed by atoms with Gasteiger partial charge in [-0.1, -0.05) is 0 Å². The molecule has 1 atom stereocenters. The summed E-state index contributed by atoms with van der Waals surface area (Å²) in [5.74, 6) is 0.264. The topological polar surface area (TPSA) is 71.8 Å². The summed E-state index contributed by atoms with van der Waals surface area (Å²) in [6, 6.07) is 1.56. The molecule has 0 spiro atoms. The van der Waals surface area contributed by atoms with Crippen LogP contribution in [0.5, 0.6) is 0 Å². The van der Waals surface area contributed by atoms with Crippen molar-refractivity contribution in [2.75, 3.05) is 26.8 Å². The minimum absolute atomic E-state index is 0.157. The highest BCUT2D eigenvalue weighted by atomic mass is 32.2. The molecule has 0 saturated carbocycles. The largest absolute Gasteiger partial charge is 0.390 e. The molecule has 2 heterocycles. The first-order valence-corrected chi connectivity index (χ1v) is 8.26. The summed E-state index contributed by atoms with van der Waals surface area (Å²) in [6.07, 6.45) is 2.43. The number of hydrogen-bond donors (Lipinski definition) is 1. The number of rotatable bonds is 6. The van der Waals surface area contributed by atoms with Gasteiger partial charge in [0.15, 0.2) is 0 Å². The van der Waals surface area contributed by atoms with Gasteiger partial charge in [-0.05, 0) is 25.3 Å². The van der Waals surface area contributed by atoms with Crippen molar-refractivity contribution < 1.29 is 18.3 Å². The highest BCUT2D eigenvalue weighted by Crippen LogP contribution is 2.25. The first-order valence-electron chi connectivity index (χ1n) is 6.82. The molecule has 1 saturated heterocycles. The highest BCUT2D eigenvalue weighted by molar-refractivity contribution is 7.89. The molecular weight excluding hydrogens is 280 g/mol. The lowest BCUT2D eigenvalue weighted by atomic mass is 10.1. The van der Waals surface area contributed by atoms with Gasteiger partial charge in [0, 0.05) is 38.6 Å². The quantitative estimate of drug-likeness (QED) is 0.838. The highest BCUT2D eigenvalue weighted by Gasteiger charge is 2.33. The summed E-state index contributed by atoms with van der Waals surface area (Å²) in [6.45, 7) is 4.02. The van der Waals surface area contributed by atoms with Crippen LogP contribution in [0.2, 0.25) is 0 Å². The van der Waals surface area contributed by atoms with Crippen molar-refractivity contribution in [2.24, 2.45) is 5.92 Å². The fourth-order valence-corrected chi connectivity index (χ4v) is 4.23. The SMILES string of the molecule is CCn1cc(S(=O)(=O)N2CCC(COC)C2)cc1CO. The zero-order valence-electron chi connectivity index (χ0n) is 11.9. The predicted molar refractivity (Wildman–Crippen MR) is 74.8 cm³/mol. The third kappa shape index (κ3) is 2.90. The number of sulfonamides is 1. The Bertz CT molecular complexity index is 531. The number of nitrogens with zero attached hydrogens (tertiary/aromatic N) is 2. The monoisotopic (exact) mass is 302 g/mol. The first kappa shape index (κ1) is 15.5. The van der Waals surface area contributed by atoms with E-state index in [9.17, 15) is 13.5 Å². The second kappa shape index (κ2) is 6.26. The van der Waals surface area contributed by atoms with Crippen LogP contribution >= 0.6 is 0 Å². The number of ether oxygens (including phenoxy) is 1. The molecule has 20 heavy (non-hydrogen) atoms. The molecule has 114 valence electrons. The van der Waals surface area contributed by atoms with E-state index in [2.05, 4.69) is 0 Å². The van der Waals surface area contributed by atoms with E-state index in [0.717, 1.165) is 6.42 Å². The summed E-state index contributed by atoms with van der Waals surface area (Å²) in [5.41, 5.74) is 0.624. The zero-order valence-corrected chi connectivity index (χ0v) is 12.8. The van der Waals surface area contributed by atoms with Crippen LogP contribution in [0.4, 0.5) is 0 Å². The Morgan fingerprint density at radius 3 is 2.80 bits per heavy atom. The van der Waals surface area contributed by atoms with E-state index >= 15 is 0 Å². The lowest BCUT2D eigenvalue weighted by molar-refractivity contribution is 0.157. The minimum Gasteiger partial charge on any atom is -0.390 e. The standard InChI is InChI=1S/C13H22N2O4S/c1-3-14-8-13(6-12(14)9-16)20(17,18)15-5-4-11(7-15)10-19-2/h6,8,11,16H,3-5,7,9-10H2,1-2H3. The fraction of sp³-hybridized carbons (Fsp3) is 0.692. The van der Waals surface area contributed by atoms with Gasteiger partial charge in [-0.3, -0.25) is 0 Å². The Balaban J connectivity index is 2.20. The molecule has 1 aliphatic heterocycles. The van der Waals surface area contributed by atoms with Gasteiger partial charge in [0.1, 0.15) is 4.90 Å². The second-order valence-electron chi connectivity index (χ2n) is 5.08. The molecule has 2 rings (SSSR count). The van der Waals surface area contributed by atoms with Crippen LogP contribution in [-0.2, 0) is 27.9 Å². The number of methoxy groups -OCH3 is 1. The van der Waals surface area contributed by atoms with E-state index in [1.54, 1.807) is 23.9 Å². The predicted octanol–water partition coefficient (Wildman–Crippen LogP) is 0.657. The maximum Gasteiger partial charge on any atom is 0.244 e. The molecule has 1 aromatic heterocycles. The fourth-order valence-electron chi connectivity index (χ4n) is 2.63. The molecule has 0 radical (unpaired) electrons. The van der Waals surface area contributed by atoms with E-state index in [1.165, 1.54) is 4.31 Å². The van der Waals surface area contributed by atoms with E-state index in [4.69, 9.17) is 4.74 Å². The van der Waals surface area contributed by atoms with Gasteiger partial charge in [0.05, 0.1) is 13.2 Å². The summed E-state index contributed by atoms with van der Waals surface area (Å²) in [7, 11) is -1.83. The summed E-state index contributed by atoms with van der Waals surface area (Å²) in [5, 5.41) is 9.26. The van der Waals surface area contributed by atoms with Gasteiger partial charge in [-0.2, -0.15) is 4.31 Å². The van der Waals surface area contributed by atoms with Crippen molar-refractivity contribution in [3.05, 3.63) is 18.0 Å². The van der Waals surface area contributed by atoms with Crippen LogP contribution in [0.1, 0.15) is 19.0 Å². The molecule has 1 aromatic rings. The lowest BCUT2D eigenvalue weighted by Gasteiger charge is -2.15. The molecule has 1 aliphatic rings. The number of hydrogen-bond acceptors (Lipinski definition) is 4. The normalized spacial score (nSPS) is 20.6. The van der Waals surface area contributed by atoms with E-state index in [1.807, 2.05) is 6.92 Å². The van der Waals surface area contributed by atoms with Crippen LogP contribution < -0.4 is 0 Å². The Kier molecular flexibility index (Phi) is 4.85. The number of aliphatic hydroxyl groups excluding tert-OH is 1. The van der Waals surface area contributed by atoms with E-state index in [-0.39, 0.29) is 17.4 Å². The molecule has 6 nitrogen and oxygen atoms in total. The third-order valence-corrected chi connectivity index (χ3v) is 5.58. The molecular formula is C13H22N2O4S. The summed E-state index contributed by atoms with van der Waals surface area (Å²) >= 11 is 0. The Morgan fingerprint density at radius 1 is 1.50 bits per heavy atom. The maximum atomic E-state index is 12.6. The van der Waals surface area contributed by atoms with Crippen LogP contribution in [0.25, 0.3) is 0 Å². The lowest BCUT2D eigenvalue weighted by Crippen LogP contribution is -2.29. The van der Waals surface area contributed by atoms with Gasteiger partial charge in [0.2, 0.25) is 10.0 Å². The molecule has 0 bridgehead atoms. The molecule has 0 aromatic carbocycles. The molecule has 0 aliphatic carbocycles. The van der Waals surface area contributed by atoms with Gasteiger partial charge in [-0.15, -0.1) is 0 Å². The number of aromatic nitrogens is 1. The number of aryl methyl sites for hydroxylation is 1. The van der Waals surface area contributed by atoms with Gasteiger partial charge >= 0.3 is 0 Å². The maximum absolute atomic E-state index is 12.6. The Morgan fingerprint density at radius 2 is 2.25 bits per heavy atom. The van der Waals surface area contributed by atoms with Gasteiger partial charge in [-0.25, -0.2) is 8.42 Å². The van der Waals surface area contributed by atoms with E-state index < -0.39 is 10.0 Å². The van der Waals surface area contributed by atoms with Crippen molar-refractivity contribution in [3.8, 4) is 0 Å². The average Bonchev–Trinajstić information content (AvgIpc) is 3.05. The molecule has 1 N–H and O–H groups in total. The molecule has 7 heteroatoms. The third-order valence-electron chi connectivity index (χ3n) is 3.75. The molecule has 0 amide bonds. The van der Waals surface area contributed by atoms with Crippen molar-refractivity contribution in [3.63, 3.8) is 0 Å². The van der Waals surface area contributed by atoms with Crippen molar-refractivity contribution >= 4 is 10.0 Å². The first-order chi connectivity index (χ1) is 9.52. The van der Waals surface area contributed by atoms with Crippen LogP contribution in [0, 0.1) is 5.92 Å².